The van der Waals surface area contributed by atoms with E-state index in [-0.39, 0.29) is 11.3 Å². The summed E-state index contributed by atoms with van der Waals surface area (Å²) in [5.41, 5.74) is 0.605. The van der Waals surface area contributed by atoms with E-state index in [1.807, 2.05) is 6.08 Å². The molecular weight excluding hydrogens is 212 g/mol. The van der Waals surface area contributed by atoms with Crippen molar-refractivity contribution in [1.82, 2.24) is 0 Å². The second-order valence-electron chi connectivity index (χ2n) is 6.20. The van der Waals surface area contributed by atoms with E-state index in [1.165, 1.54) is 0 Å². The molecule has 2 nitrogen and oxygen atoms in total. The fourth-order valence-corrected chi connectivity index (χ4v) is 3.50. The summed E-state index contributed by atoms with van der Waals surface area (Å²) < 4.78 is 0. The molecule has 1 saturated carbocycles. The lowest BCUT2D eigenvalue weighted by atomic mass is 9.56. The summed E-state index contributed by atoms with van der Waals surface area (Å²) in [6.45, 7) is 6.54. The van der Waals surface area contributed by atoms with Gasteiger partial charge < -0.3 is 0 Å². The van der Waals surface area contributed by atoms with E-state index in [1.54, 1.807) is 0 Å². The van der Waals surface area contributed by atoms with Crippen molar-refractivity contribution >= 4 is 12.1 Å². The van der Waals surface area contributed by atoms with Crippen molar-refractivity contribution in [3.05, 3.63) is 11.6 Å². The lowest BCUT2D eigenvalue weighted by molar-refractivity contribution is -0.133. The number of carbonyl (C=O) groups excluding carboxylic acids is 2. The minimum Gasteiger partial charge on any atom is -0.299 e. The largest absolute Gasteiger partial charge is 0.299 e. The molecule has 2 heteroatoms. The Morgan fingerprint density at radius 1 is 1.47 bits per heavy atom. The summed E-state index contributed by atoms with van der Waals surface area (Å²) in [5, 5.41) is 0. The fraction of sp³-hybridized carbons (Fsp3) is 0.733. The van der Waals surface area contributed by atoms with Crippen molar-refractivity contribution < 1.29 is 9.59 Å². The zero-order valence-electron chi connectivity index (χ0n) is 11.0. The maximum absolute atomic E-state index is 12.1. The van der Waals surface area contributed by atoms with Crippen LogP contribution in [-0.2, 0) is 9.59 Å². The number of ketones is 1. The number of allylic oxidation sites excluding steroid dienone is 2. The van der Waals surface area contributed by atoms with Gasteiger partial charge in [-0.1, -0.05) is 26.8 Å². The van der Waals surface area contributed by atoms with Crippen LogP contribution in [0.5, 0.6) is 0 Å². The first-order chi connectivity index (χ1) is 7.99. The number of Topliss-reactive ketones (excluding diaryl/α,β-unsaturated/α-hetero) is 1. The van der Waals surface area contributed by atoms with Crippen LogP contribution in [0, 0.1) is 23.2 Å². The van der Waals surface area contributed by atoms with Crippen molar-refractivity contribution in [3.8, 4) is 0 Å². The molecule has 3 atom stereocenters. The van der Waals surface area contributed by atoms with Gasteiger partial charge in [-0.15, -0.1) is 0 Å². The van der Waals surface area contributed by atoms with Crippen LogP contribution in [0.15, 0.2) is 11.6 Å². The molecule has 17 heavy (non-hydrogen) atoms. The molecule has 3 unspecified atom stereocenters. The van der Waals surface area contributed by atoms with E-state index < -0.39 is 0 Å². The summed E-state index contributed by atoms with van der Waals surface area (Å²) in [7, 11) is 0. The Morgan fingerprint density at radius 3 is 2.76 bits per heavy atom. The summed E-state index contributed by atoms with van der Waals surface area (Å²) in [5.74, 6) is 1.80. The molecule has 0 N–H and O–H groups in total. The number of carbonyl (C=O) groups is 2. The second kappa shape index (κ2) is 4.40. The summed E-state index contributed by atoms with van der Waals surface area (Å²) in [6, 6.07) is 0. The van der Waals surface area contributed by atoms with Crippen LogP contribution in [0.25, 0.3) is 0 Å². The first kappa shape index (κ1) is 12.5. The molecule has 0 saturated heterocycles. The molecule has 94 valence electrons. The minimum atomic E-state index is -0.267. The van der Waals surface area contributed by atoms with E-state index in [0.717, 1.165) is 31.1 Å². The molecule has 2 rings (SSSR count). The highest BCUT2D eigenvalue weighted by molar-refractivity contribution is 5.91. The van der Waals surface area contributed by atoms with Gasteiger partial charge in [0.2, 0.25) is 0 Å². The normalized spacial score (nSPS) is 37.6. The van der Waals surface area contributed by atoms with Gasteiger partial charge in [-0.3, -0.25) is 9.59 Å². The van der Waals surface area contributed by atoms with Crippen LogP contribution in [0.1, 0.15) is 46.5 Å². The van der Waals surface area contributed by atoms with Gasteiger partial charge in [-0.05, 0) is 42.6 Å². The monoisotopic (exact) mass is 234 g/mol. The molecule has 0 aromatic carbocycles. The Balaban J connectivity index is 2.30. The SMILES string of the molecule is CC(C)C1CCC2(C)C(=O)CC=C(C=O)C2C1. The van der Waals surface area contributed by atoms with Crippen molar-refractivity contribution in [1.29, 1.82) is 0 Å². The molecule has 0 radical (unpaired) electrons. The first-order valence-corrected chi connectivity index (χ1v) is 6.67. The quantitative estimate of drug-likeness (QED) is 0.688. The molecule has 0 amide bonds. The van der Waals surface area contributed by atoms with Crippen molar-refractivity contribution in [2.45, 2.75) is 46.5 Å². The number of hydrogen-bond donors (Lipinski definition) is 0. The maximum atomic E-state index is 12.1. The van der Waals surface area contributed by atoms with Crippen molar-refractivity contribution in [3.63, 3.8) is 0 Å². The first-order valence-electron chi connectivity index (χ1n) is 6.67. The van der Waals surface area contributed by atoms with Gasteiger partial charge in [0.15, 0.2) is 0 Å². The molecule has 0 aliphatic heterocycles. The Bertz CT molecular complexity index is 367. The zero-order chi connectivity index (χ0) is 12.6. The van der Waals surface area contributed by atoms with E-state index in [4.69, 9.17) is 0 Å². The minimum absolute atomic E-state index is 0.169. The summed E-state index contributed by atoms with van der Waals surface area (Å²) in [6.07, 6.45) is 6.35. The highest BCUT2D eigenvalue weighted by atomic mass is 16.1. The number of fused-ring (bicyclic) bond motifs is 1. The molecule has 2 aliphatic carbocycles. The van der Waals surface area contributed by atoms with Gasteiger partial charge in [0.25, 0.3) is 0 Å². The second-order valence-corrected chi connectivity index (χ2v) is 6.20. The van der Waals surface area contributed by atoms with Crippen LogP contribution in [0.4, 0.5) is 0 Å². The Morgan fingerprint density at radius 2 is 2.18 bits per heavy atom. The van der Waals surface area contributed by atoms with Gasteiger partial charge >= 0.3 is 0 Å². The molecule has 2 aliphatic rings. The van der Waals surface area contributed by atoms with E-state index in [9.17, 15) is 9.59 Å². The van der Waals surface area contributed by atoms with Crippen LogP contribution >= 0.6 is 0 Å². The Kier molecular flexibility index (Phi) is 3.24. The highest BCUT2D eigenvalue weighted by Gasteiger charge is 2.48. The van der Waals surface area contributed by atoms with E-state index >= 15 is 0 Å². The van der Waals surface area contributed by atoms with Gasteiger partial charge in [-0.25, -0.2) is 0 Å². The smallest absolute Gasteiger partial charge is 0.146 e. The molecule has 0 aromatic rings. The lowest BCUT2D eigenvalue weighted by Gasteiger charge is -2.46. The average Bonchev–Trinajstić information content (AvgIpc) is 2.30. The number of rotatable bonds is 2. The number of aldehydes is 1. The van der Waals surface area contributed by atoms with Crippen LogP contribution in [-0.4, -0.2) is 12.1 Å². The molecule has 0 aromatic heterocycles. The van der Waals surface area contributed by atoms with E-state index in [0.29, 0.717) is 24.0 Å². The van der Waals surface area contributed by atoms with Gasteiger partial charge in [0.1, 0.15) is 12.1 Å². The molecular formula is C15H22O2. The maximum Gasteiger partial charge on any atom is 0.146 e. The predicted octanol–water partition coefficient (Wildman–Crippen LogP) is 3.16. The zero-order valence-corrected chi connectivity index (χ0v) is 11.0. The molecule has 0 bridgehead atoms. The Labute approximate surface area is 103 Å². The van der Waals surface area contributed by atoms with Crippen molar-refractivity contribution in [2.75, 3.05) is 0 Å². The number of hydrogen-bond acceptors (Lipinski definition) is 2. The molecule has 0 spiro atoms. The lowest BCUT2D eigenvalue weighted by Crippen LogP contribution is -2.44. The third-order valence-electron chi connectivity index (χ3n) is 4.98. The van der Waals surface area contributed by atoms with Crippen LogP contribution in [0.2, 0.25) is 0 Å². The molecule has 0 heterocycles. The van der Waals surface area contributed by atoms with Gasteiger partial charge in [-0.2, -0.15) is 0 Å². The summed E-state index contributed by atoms with van der Waals surface area (Å²) >= 11 is 0. The summed E-state index contributed by atoms with van der Waals surface area (Å²) in [4.78, 5) is 23.3. The standard InChI is InChI=1S/C15H22O2/c1-10(2)11-6-7-15(3)13(8-11)12(9-16)4-5-14(15)17/h4,9-11,13H,5-8H2,1-3H3. The van der Waals surface area contributed by atoms with Gasteiger partial charge in [0, 0.05) is 11.8 Å². The third-order valence-corrected chi connectivity index (χ3v) is 4.98. The van der Waals surface area contributed by atoms with Crippen LogP contribution < -0.4 is 0 Å². The van der Waals surface area contributed by atoms with Gasteiger partial charge in [0.05, 0.1) is 0 Å². The average molecular weight is 234 g/mol. The predicted molar refractivity (Wildman–Crippen MR) is 67.5 cm³/mol. The van der Waals surface area contributed by atoms with Crippen molar-refractivity contribution in [2.24, 2.45) is 23.2 Å². The molecule has 1 fully saturated rings. The fourth-order valence-electron chi connectivity index (χ4n) is 3.50. The Hall–Kier alpha value is -0.920. The topological polar surface area (TPSA) is 34.1 Å². The van der Waals surface area contributed by atoms with Crippen LogP contribution in [0.3, 0.4) is 0 Å². The highest BCUT2D eigenvalue weighted by Crippen LogP contribution is 2.51. The van der Waals surface area contributed by atoms with E-state index in [2.05, 4.69) is 20.8 Å². The third kappa shape index (κ3) is 1.98.